The summed E-state index contributed by atoms with van der Waals surface area (Å²) in [5.41, 5.74) is 0. The normalized spacial score (nSPS) is 28.2. The zero-order chi connectivity index (χ0) is 9.52. The molecule has 1 heteroatoms. The first-order valence-electron chi connectivity index (χ1n) is 6.04. The van der Waals surface area contributed by atoms with Crippen LogP contribution in [0.4, 0.5) is 0 Å². The molecular weight excluding hydrogens is 158 g/mol. The molecule has 0 aromatic heterocycles. The van der Waals surface area contributed by atoms with E-state index in [1.807, 2.05) is 0 Å². The Kier molecular flexibility index (Phi) is 5.45. The Morgan fingerprint density at radius 1 is 1.15 bits per heavy atom. The smallest absolute Gasteiger partial charge is 0.00668 e. The second kappa shape index (κ2) is 6.42. The molecule has 0 aromatic carbocycles. The lowest BCUT2D eigenvalue weighted by molar-refractivity contribution is 0.451. The second-order valence-corrected chi connectivity index (χ2v) is 4.51. The summed E-state index contributed by atoms with van der Waals surface area (Å²) in [6.45, 7) is 2.28. The van der Waals surface area contributed by atoms with Crippen molar-refractivity contribution >= 4 is 0 Å². The molecule has 1 rings (SSSR count). The Balaban J connectivity index is 1.97. The molecule has 0 amide bonds. The van der Waals surface area contributed by atoms with Crippen LogP contribution >= 0.6 is 0 Å². The van der Waals surface area contributed by atoms with Crippen molar-refractivity contribution in [1.29, 1.82) is 0 Å². The van der Waals surface area contributed by atoms with E-state index in [1.165, 1.54) is 51.4 Å². The maximum Gasteiger partial charge on any atom is 0.00668 e. The molecule has 2 unspecified atom stereocenters. The van der Waals surface area contributed by atoms with Crippen LogP contribution < -0.4 is 5.32 Å². The molecule has 0 heterocycles. The van der Waals surface area contributed by atoms with Crippen LogP contribution in [0.25, 0.3) is 0 Å². The van der Waals surface area contributed by atoms with Crippen LogP contribution in [0.15, 0.2) is 0 Å². The number of hydrogen-bond donors (Lipinski definition) is 1. The van der Waals surface area contributed by atoms with Gasteiger partial charge < -0.3 is 5.32 Å². The van der Waals surface area contributed by atoms with Crippen molar-refractivity contribution in [2.45, 2.75) is 64.3 Å². The molecule has 78 valence electrons. The summed E-state index contributed by atoms with van der Waals surface area (Å²) < 4.78 is 0. The van der Waals surface area contributed by atoms with E-state index in [-0.39, 0.29) is 0 Å². The van der Waals surface area contributed by atoms with E-state index in [4.69, 9.17) is 0 Å². The lowest BCUT2D eigenvalue weighted by atomic mass is 9.99. The molecule has 0 aromatic rings. The molecule has 1 aliphatic carbocycles. The minimum Gasteiger partial charge on any atom is -0.317 e. The predicted octanol–water partition coefficient (Wildman–Crippen LogP) is 3.34. The van der Waals surface area contributed by atoms with Gasteiger partial charge in [-0.05, 0) is 32.2 Å². The van der Waals surface area contributed by atoms with Gasteiger partial charge in [0, 0.05) is 6.04 Å². The van der Waals surface area contributed by atoms with Crippen LogP contribution in [0.3, 0.4) is 0 Å². The first-order valence-corrected chi connectivity index (χ1v) is 6.04. The topological polar surface area (TPSA) is 12.0 Å². The Labute approximate surface area is 83.3 Å². The average Bonchev–Trinajstić information content (AvgIpc) is 2.60. The Hall–Kier alpha value is -0.0400. The highest BCUT2D eigenvalue weighted by Crippen LogP contribution is 2.29. The van der Waals surface area contributed by atoms with Crippen molar-refractivity contribution in [2.24, 2.45) is 5.92 Å². The van der Waals surface area contributed by atoms with Crippen LogP contribution in [-0.4, -0.2) is 13.1 Å². The van der Waals surface area contributed by atoms with Gasteiger partial charge in [0.1, 0.15) is 0 Å². The van der Waals surface area contributed by atoms with Crippen LogP contribution in [0.5, 0.6) is 0 Å². The van der Waals surface area contributed by atoms with E-state index >= 15 is 0 Å². The van der Waals surface area contributed by atoms with Gasteiger partial charge in [-0.3, -0.25) is 0 Å². The highest BCUT2D eigenvalue weighted by atomic mass is 14.9. The van der Waals surface area contributed by atoms with Crippen molar-refractivity contribution < 1.29 is 0 Å². The fourth-order valence-corrected chi connectivity index (χ4v) is 2.46. The van der Waals surface area contributed by atoms with E-state index in [0.29, 0.717) is 0 Å². The summed E-state index contributed by atoms with van der Waals surface area (Å²) in [6.07, 6.45) is 11.5. The van der Waals surface area contributed by atoms with Gasteiger partial charge in [-0.25, -0.2) is 0 Å². The van der Waals surface area contributed by atoms with Crippen LogP contribution in [0.2, 0.25) is 0 Å². The number of hydrogen-bond acceptors (Lipinski definition) is 1. The first kappa shape index (κ1) is 11.0. The Bertz CT molecular complexity index is 122. The standard InChI is InChI=1S/C12H25N/c1-3-4-5-6-7-11-8-9-12(10-11)13-2/h11-13H,3-10H2,1-2H3. The maximum absolute atomic E-state index is 3.40. The van der Waals surface area contributed by atoms with E-state index in [2.05, 4.69) is 19.3 Å². The van der Waals surface area contributed by atoms with E-state index in [0.717, 1.165) is 12.0 Å². The molecule has 2 atom stereocenters. The quantitative estimate of drug-likeness (QED) is 0.623. The predicted molar refractivity (Wildman–Crippen MR) is 58.9 cm³/mol. The highest BCUT2D eigenvalue weighted by molar-refractivity contribution is 4.79. The van der Waals surface area contributed by atoms with Gasteiger partial charge in [0.25, 0.3) is 0 Å². The number of nitrogens with one attached hydrogen (secondary N) is 1. The summed E-state index contributed by atoms with van der Waals surface area (Å²) in [4.78, 5) is 0. The molecule has 1 fully saturated rings. The van der Waals surface area contributed by atoms with Gasteiger partial charge in [0.2, 0.25) is 0 Å². The molecular formula is C12H25N. The van der Waals surface area contributed by atoms with Crippen molar-refractivity contribution in [3.8, 4) is 0 Å². The SMILES string of the molecule is CCCCCCC1CCC(NC)C1. The van der Waals surface area contributed by atoms with Crippen LogP contribution in [0, 0.1) is 5.92 Å². The molecule has 0 spiro atoms. The Morgan fingerprint density at radius 2 is 2.00 bits per heavy atom. The van der Waals surface area contributed by atoms with Crippen LogP contribution in [0.1, 0.15) is 58.3 Å². The molecule has 0 saturated heterocycles. The molecule has 13 heavy (non-hydrogen) atoms. The minimum atomic E-state index is 0.830. The maximum atomic E-state index is 3.40. The van der Waals surface area contributed by atoms with Gasteiger partial charge in [-0.1, -0.05) is 39.0 Å². The van der Waals surface area contributed by atoms with Gasteiger partial charge in [-0.2, -0.15) is 0 Å². The third-order valence-electron chi connectivity index (χ3n) is 3.42. The number of rotatable bonds is 6. The summed E-state index contributed by atoms with van der Waals surface area (Å²) >= 11 is 0. The summed E-state index contributed by atoms with van der Waals surface area (Å²) in [6, 6.07) is 0.830. The molecule has 1 N–H and O–H groups in total. The van der Waals surface area contributed by atoms with Crippen molar-refractivity contribution in [1.82, 2.24) is 5.32 Å². The molecule has 1 nitrogen and oxygen atoms in total. The van der Waals surface area contributed by atoms with Gasteiger partial charge >= 0.3 is 0 Å². The highest BCUT2D eigenvalue weighted by Gasteiger charge is 2.22. The Morgan fingerprint density at radius 3 is 2.62 bits per heavy atom. The van der Waals surface area contributed by atoms with Gasteiger partial charge in [0.05, 0.1) is 0 Å². The lowest BCUT2D eigenvalue weighted by Crippen LogP contribution is -2.21. The van der Waals surface area contributed by atoms with Crippen LogP contribution in [-0.2, 0) is 0 Å². The largest absolute Gasteiger partial charge is 0.317 e. The van der Waals surface area contributed by atoms with Crippen molar-refractivity contribution in [2.75, 3.05) is 7.05 Å². The van der Waals surface area contributed by atoms with Gasteiger partial charge in [-0.15, -0.1) is 0 Å². The van der Waals surface area contributed by atoms with E-state index in [9.17, 15) is 0 Å². The summed E-state index contributed by atoms with van der Waals surface area (Å²) in [5.74, 6) is 1.04. The third kappa shape index (κ3) is 4.12. The minimum absolute atomic E-state index is 0.830. The van der Waals surface area contributed by atoms with Crippen molar-refractivity contribution in [3.05, 3.63) is 0 Å². The summed E-state index contributed by atoms with van der Waals surface area (Å²) in [5, 5.41) is 3.40. The second-order valence-electron chi connectivity index (χ2n) is 4.51. The third-order valence-corrected chi connectivity index (χ3v) is 3.42. The molecule has 0 radical (unpaired) electrons. The first-order chi connectivity index (χ1) is 6.36. The van der Waals surface area contributed by atoms with Gasteiger partial charge in [0.15, 0.2) is 0 Å². The van der Waals surface area contributed by atoms with E-state index < -0.39 is 0 Å². The molecule has 0 aliphatic heterocycles. The fraction of sp³-hybridized carbons (Fsp3) is 1.00. The van der Waals surface area contributed by atoms with E-state index in [1.54, 1.807) is 0 Å². The number of unbranched alkanes of at least 4 members (excludes halogenated alkanes) is 3. The summed E-state index contributed by atoms with van der Waals surface area (Å²) in [7, 11) is 2.10. The fourth-order valence-electron chi connectivity index (χ4n) is 2.46. The lowest BCUT2D eigenvalue weighted by Gasteiger charge is -2.10. The molecule has 0 bridgehead atoms. The van der Waals surface area contributed by atoms with Crippen molar-refractivity contribution in [3.63, 3.8) is 0 Å². The molecule has 1 saturated carbocycles. The zero-order valence-electron chi connectivity index (χ0n) is 9.31. The zero-order valence-corrected chi connectivity index (χ0v) is 9.31. The molecule has 1 aliphatic rings. The average molecular weight is 183 g/mol. The monoisotopic (exact) mass is 183 g/mol.